The molecule has 2 aromatic carbocycles. The molecular formula is C21H18F3N3O7. The third-order valence-corrected chi connectivity index (χ3v) is 4.13. The van der Waals surface area contributed by atoms with Crippen LogP contribution in [0.1, 0.15) is 26.3 Å². The fraction of sp³-hybridized carbons (Fsp3) is 0.190. The van der Waals surface area contributed by atoms with Gasteiger partial charge in [-0.1, -0.05) is 12.1 Å². The molecule has 0 aliphatic heterocycles. The van der Waals surface area contributed by atoms with Crippen LogP contribution < -0.4 is 15.9 Å². The predicted molar refractivity (Wildman–Crippen MR) is 110 cm³/mol. The zero-order valence-electron chi connectivity index (χ0n) is 17.2. The summed E-state index contributed by atoms with van der Waals surface area (Å²) in [4.78, 5) is 47.0. The minimum atomic E-state index is -5.29. The number of nitrogens with one attached hydrogen (secondary N) is 1. The molecule has 2 aromatic rings. The number of hydrogen-bond donors (Lipinski definition) is 3. The number of hydrogen-bond acceptors (Lipinski definition) is 8. The van der Waals surface area contributed by atoms with E-state index in [1.54, 1.807) is 0 Å². The number of nitrogens with two attached hydrogens (primary N) is 1. The van der Waals surface area contributed by atoms with Gasteiger partial charge in [-0.05, 0) is 42.0 Å². The molecule has 0 bridgehead atoms. The van der Waals surface area contributed by atoms with Crippen LogP contribution in [0.4, 0.5) is 13.2 Å². The molecule has 0 aliphatic carbocycles. The first kappa shape index (κ1) is 25.8. The maximum atomic E-state index is 12.8. The number of nitrogens with zero attached hydrogens (tertiary/aromatic N) is 1. The van der Waals surface area contributed by atoms with E-state index < -0.39 is 49.1 Å². The van der Waals surface area contributed by atoms with Gasteiger partial charge in [0.2, 0.25) is 0 Å². The van der Waals surface area contributed by atoms with Crippen LogP contribution >= 0.6 is 0 Å². The molecule has 2 rings (SSSR count). The van der Waals surface area contributed by atoms with E-state index >= 15 is 0 Å². The number of esters is 1. The molecule has 10 nitrogen and oxygen atoms in total. The Labute approximate surface area is 190 Å². The Morgan fingerprint density at radius 1 is 1.03 bits per heavy atom. The van der Waals surface area contributed by atoms with Crippen molar-refractivity contribution in [2.75, 3.05) is 13.2 Å². The molecule has 13 heteroatoms. The van der Waals surface area contributed by atoms with Crippen LogP contribution in [0.5, 0.6) is 5.75 Å². The number of halogens is 3. The Bertz CT molecular complexity index is 1070. The van der Waals surface area contributed by atoms with E-state index in [0.29, 0.717) is 5.56 Å². The number of amides is 1. The lowest BCUT2D eigenvalue weighted by Gasteiger charge is -2.18. The van der Waals surface area contributed by atoms with Crippen LogP contribution in [0, 0.1) is 0 Å². The highest BCUT2D eigenvalue weighted by Crippen LogP contribution is 2.18. The summed E-state index contributed by atoms with van der Waals surface area (Å²) in [6, 6.07) is 8.99. The molecule has 0 aliphatic rings. The van der Waals surface area contributed by atoms with Crippen molar-refractivity contribution in [3.05, 3.63) is 65.2 Å². The van der Waals surface area contributed by atoms with Crippen LogP contribution in [-0.2, 0) is 14.3 Å². The van der Waals surface area contributed by atoms with Gasteiger partial charge in [0, 0.05) is 11.1 Å². The van der Waals surface area contributed by atoms with Crippen LogP contribution in [0.25, 0.3) is 0 Å². The molecule has 180 valence electrons. The van der Waals surface area contributed by atoms with Crippen LogP contribution in [0.2, 0.25) is 0 Å². The highest BCUT2D eigenvalue weighted by molar-refractivity contribution is 6.04. The number of carboxylic acid groups (broad SMARTS) is 1. The van der Waals surface area contributed by atoms with Gasteiger partial charge in [0.15, 0.2) is 12.4 Å². The molecule has 0 fully saturated rings. The maximum absolute atomic E-state index is 12.8. The lowest BCUT2D eigenvalue weighted by molar-refractivity contribution is -0.199. The Morgan fingerprint density at radius 2 is 1.62 bits per heavy atom. The Kier molecular flexibility index (Phi) is 8.70. The van der Waals surface area contributed by atoms with Crippen LogP contribution in [0.3, 0.4) is 0 Å². The van der Waals surface area contributed by atoms with E-state index in [-0.39, 0.29) is 16.9 Å². The van der Waals surface area contributed by atoms with Gasteiger partial charge in [0.25, 0.3) is 5.91 Å². The average Bonchev–Trinajstić information content (AvgIpc) is 2.80. The predicted octanol–water partition coefficient (Wildman–Crippen LogP) is 1.53. The number of benzene rings is 2. The molecule has 0 aromatic heterocycles. The van der Waals surface area contributed by atoms with Crippen molar-refractivity contribution >= 4 is 29.8 Å². The minimum absolute atomic E-state index is 0.0616. The molecule has 0 heterocycles. The van der Waals surface area contributed by atoms with Gasteiger partial charge in [0.1, 0.15) is 18.4 Å². The monoisotopic (exact) mass is 481 g/mol. The highest BCUT2D eigenvalue weighted by atomic mass is 19.4. The second-order valence-corrected chi connectivity index (χ2v) is 6.59. The number of rotatable bonds is 10. The smallest absolute Gasteiger partial charge is 0.482 e. The minimum Gasteiger partial charge on any atom is -0.482 e. The SMILES string of the molecule is NN=Cc1ccc(C(=O)N[C@@H](COC(=O)C(F)(F)F)C(=O)c2ccc(OCC(=O)O)cc2)cc1. The summed E-state index contributed by atoms with van der Waals surface area (Å²) in [7, 11) is 0. The molecule has 1 atom stereocenters. The summed E-state index contributed by atoms with van der Waals surface area (Å²) in [5, 5.41) is 14.2. The quantitative estimate of drug-likeness (QED) is 0.152. The first-order valence-corrected chi connectivity index (χ1v) is 9.38. The molecule has 0 unspecified atom stereocenters. The summed E-state index contributed by atoms with van der Waals surface area (Å²) in [5.74, 6) is -0.279. The lowest BCUT2D eigenvalue weighted by Crippen LogP contribution is -2.45. The van der Waals surface area contributed by atoms with Crippen molar-refractivity contribution in [1.82, 2.24) is 5.32 Å². The summed E-state index contributed by atoms with van der Waals surface area (Å²) in [6.07, 6.45) is -3.98. The third-order valence-electron chi connectivity index (χ3n) is 4.13. The van der Waals surface area contributed by atoms with Crippen molar-refractivity contribution in [3.8, 4) is 5.75 Å². The standard InChI is InChI=1S/C21H18F3N3O7/c22-21(23,24)20(32)34-10-16(27-19(31)14-3-1-12(2-4-14)9-26-25)18(30)13-5-7-15(8-6-13)33-11-17(28)29/h1-9,16H,10-11,25H2,(H,27,31)(H,28,29)/t16-/m0/s1. The van der Waals surface area contributed by atoms with Crippen LogP contribution in [0.15, 0.2) is 53.6 Å². The van der Waals surface area contributed by atoms with Crippen molar-refractivity contribution < 1.29 is 46.9 Å². The van der Waals surface area contributed by atoms with Crippen molar-refractivity contribution in [2.45, 2.75) is 12.2 Å². The van der Waals surface area contributed by atoms with E-state index in [4.69, 9.17) is 15.7 Å². The normalized spacial score (nSPS) is 12.1. The van der Waals surface area contributed by atoms with E-state index in [9.17, 15) is 32.3 Å². The van der Waals surface area contributed by atoms with Gasteiger partial charge in [-0.3, -0.25) is 9.59 Å². The largest absolute Gasteiger partial charge is 0.490 e. The maximum Gasteiger partial charge on any atom is 0.490 e. The van der Waals surface area contributed by atoms with E-state index in [1.165, 1.54) is 54.7 Å². The zero-order valence-corrected chi connectivity index (χ0v) is 17.2. The Balaban J connectivity index is 2.20. The third kappa shape index (κ3) is 7.62. The zero-order chi connectivity index (χ0) is 25.3. The number of ketones is 1. The van der Waals surface area contributed by atoms with Gasteiger partial charge < -0.3 is 25.7 Å². The van der Waals surface area contributed by atoms with Crippen LogP contribution in [-0.4, -0.2) is 60.4 Å². The summed E-state index contributed by atoms with van der Waals surface area (Å²) in [5.41, 5.74) is 0.563. The van der Waals surface area contributed by atoms with Gasteiger partial charge in [0.05, 0.1) is 6.21 Å². The van der Waals surface area contributed by atoms with E-state index in [1.807, 2.05) is 0 Å². The first-order valence-electron chi connectivity index (χ1n) is 9.38. The molecule has 0 spiro atoms. The fourth-order valence-electron chi connectivity index (χ4n) is 2.53. The Hall–Kier alpha value is -4.42. The van der Waals surface area contributed by atoms with Crippen molar-refractivity contribution in [1.29, 1.82) is 0 Å². The van der Waals surface area contributed by atoms with E-state index in [2.05, 4.69) is 15.2 Å². The molecule has 1 amide bonds. The fourth-order valence-corrected chi connectivity index (χ4v) is 2.53. The van der Waals surface area contributed by atoms with E-state index in [0.717, 1.165) is 0 Å². The number of Topliss-reactive ketones (excluding diaryl/α,β-unsaturated/α-hetero) is 1. The summed E-state index contributed by atoms with van der Waals surface area (Å²) >= 11 is 0. The number of carbonyl (C=O) groups is 4. The molecule has 0 saturated carbocycles. The average molecular weight is 481 g/mol. The second-order valence-electron chi connectivity index (χ2n) is 6.59. The summed E-state index contributed by atoms with van der Waals surface area (Å²) in [6.45, 7) is -1.71. The summed E-state index contributed by atoms with van der Waals surface area (Å²) < 4.78 is 46.6. The molecule has 0 saturated heterocycles. The topological polar surface area (TPSA) is 157 Å². The lowest BCUT2D eigenvalue weighted by atomic mass is 10.0. The first-order chi connectivity index (χ1) is 16.0. The number of hydrazone groups is 1. The second kappa shape index (κ2) is 11.4. The highest BCUT2D eigenvalue weighted by Gasteiger charge is 2.41. The number of ether oxygens (including phenoxy) is 2. The Morgan fingerprint density at radius 3 is 2.15 bits per heavy atom. The van der Waals surface area contributed by atoms with Gasteiger partial charge >= 0.3 is 18.1 Å². The van der Waals surface area contributed by atoms with Gasteiger partial charge in [-0.25, -0.2) is 9.59 Å². The molecule has 0 radical (unpaired) electrons. The molecule has 34 heavy (non-hydrogen) atoms. The van der Waals surface area contributed by atoms with Crippen molar-refractivity contribution in [3.63, 3.8) is 0 Å². The number of carboxylic acids is 1. The molecule has 4 N–H and O–H groups in total. The van der Waals surface area contributed by atoms with Crippen molar-refractivity contribution in [2.24, 2.45) is 10.9 Å². The van der Waals surface area contributed by atoms with Gasteiger partial charge in [-0.2, -0.15) is 18.3 Å². The molecular weight excluding hydrogens is 463 g/mol. The number of alkyl halides is 3. The number of carbonyl (C=O) groups excluding carboxylic acids is 3. The number of aliphatic carboxylic acids is 1. The van der Waals surface area contributed by atoms with Gasteiger partial charge in [-0.15, -0.1) is 0 Å².